The van der Waals surface area contributed by atoms with Crippen molar-refractivity contribution in [3.63, 3.8) is 0 Å². The summed E-state index contributed by atoms with van der Waals surface area (Å²) >= 11 is 0. The second-order valence-electron chi connectivity index (χ2n) is 6.79. The van der Waals surface area contributed by atoms with E-state index in [1.54, 1.807) is 14.2 Å². The molecule has 0 spiro atoms. The molecule has 2 heteroatoms. The van der Waals surface area contributed by atoms with Crippen molar-refractivity contribution >= 4 is 0 Å². The average molecular weight is 216 g/mol. The molecule has 0 amide bonds. The van der Waals surface area contributed by atoms with Gasteiger partial charge in [0, 0.05) is 27.1 Å². The first-order valence-corrected chi connectivity index (χ1v) is 5.64. The predicted molar refractivity (Wildman–Crippen MR) is 64.9 cm³/mol. The van der Waals surface area contributed by atoms with Gasteiger partial charge in [0.2, 0.25) is 0 Å². The summed E-state index contributed by atoms with van der Waals surface area (Å²) in [4.78, 5) is 0. The molecule has 0 radical (unpaired) electrons. The van der Waals surface area contributed by atoms with Crippen LogP contribution in [0.15, 0.2) is 0 Å². The third-order valence-corrected chi connectivity index (χ3v) is 2.34. The Morgan fingerprint density at radius 3 is 1.07 bits per heavy atom. The van der Waals surface area contributed by atoms with Crippen LogP contribution in [-0.2, 0) is 9.47 Å². The van der Waals surface area contributed by atoms with Crippen LogP contribution in [0.2, 0.25) is 0 Å². The van der Waals surface area contributed by atoms with Crippen LogP contribution in [0.1, 0.15) is 54.4 Å². The van der Waals surface area contributed by atoms with Crippen LogP contribution in [0.25, 0.3) is 0 Å². The molecule has 0 atom stereocenters. The zero-order valence-corrected chi connectivity index (χ0v) is 11.7. The van der Waals surface area contributed by atoms with E-state index in [0.717, 1.165) is 12.8 Å². The molecule has 0 aliphatic carbocycles. The molecule has 0 rings (SSSR count). The van der Waals surface area contributed by atoms with Gasteiger partial charge in [0.25, 0.3) is 0 Å². The second-order valence-corrected chi connectivity index (χ2v) is 6.79. The summed E-state index contributed by atoms with van der Waals surface area (Å²) in [5, 5.41) is 0. The topological polar surface area (TPSA) is 18.5 Å². The molecule has 0 N–H and O–H groups in total. The standard InChI is InChI=1S/C13H28O2/c1-11(2,3)9-13(14-7,15-8)10-12(4,5)6/h9-10H2,1-8H3. The lowest BCUT2D eigenvalue weighted by Gasteiger charge is -2.40. The van der Waals surface area contributed by atoms with Gasteiger partial charge in [0.15, 0.2) is 5.79 Å². The number of methoxy groups -OCH3 is 2. The van der Waals surface area contributed by atoms with Gasteiger partial charge in [0.1, 0.15) is 0 Å². The molecular weight excluding hydrogens is 188 g/mol. The molecule has 0 fully saturated rings. The normalized spacial score (nSPS) is 14.4. The Labute approximate surface area is 95.3 Å². The Balaban J connectivity index is 4.74. The van der Waals surface area contributed by atoms with Crippen molar-refractivity contribution in [2.75, 3.05) is 14.2 Å². The molecule has 0 saturated carbocycles. The second kappa shape index (κ2) is 4.84. The quantitative estimate of drug-likeness (QED) is 0.665. The molecule has 0 aliphatic heterocycles. The Morgan fingerprint density at radius 2 is 0.933 bits per heavy atom. The van der Waals surface area contributed by atoms with Crippen molar-refractivity contribution < 1.29 is 9.47 Å². The van der Waals surface area contributed by atoms with Gasteiger partial charge in [-0.3, -0.25) is 0 Å². The van der Waals surface area contributed by atoms with E-state index < -0.39 is 5.79 Å². The van der Waals surface area contributed by atoms with Crippen molar-refractivity contribution in [3.05, 3.63) is 0 Å². The number of hydrogen-bond donors (Lipinski definition) is 0. The lowest BCUT2D eigenvalue weighted by molar-refractivity contribution is -0.237. The Kier molecular flexibility index (Phi) is 4.81. The fraction of sp³-hybridized carbons (Fsp3) is 1.00. The van der Waals surface area contributed by atoms with Gasteiger partial charge >= 0.3 is 0 Å². The first-order valence-electron chi connectivity index (χ1n) is 5.64. The number of hydrogen-bond acceptors (Lipinski definition) is 2. The highest BCUT2D eigenvalue weighted by atomic mass is 16.7. The van der Waals surface area contributed by atoms with E-state index in [9.17, 15) is 0 Å². The molecule has 0 heterocycles. The first-order chi connectivity index (χ1) is 6.54. The summed E-state index contributed by atoms with van der Waals surface area (Å²) in [6.45, 7) is 13.3. The minimum atomic E-state index is -0.448. The van der Waals surface area contributed by atoms with Crippen molar-refractivity contribution in [1.82, 2.24) is 0 Å². The van der Waals surface area contributed by atoms with Crippen LogP contribution in [0.4, 0.5) is 0 Å². The monoisotopic (exact) mass is 216 g/mol. The maximum absolute atomic E-state index is 5.62. The molecule has 0 unspecified atom stereocenters. The first kappa shape index (κ1) is 14.9. The highest BCUT2D eigenvalue weighted by molar-refractivity contribution is 4.82. The van der Waals surface area contributed by atoms with E-state index in [1.807, 2.05) is 0 Å². The predicted octanol–water partition coefficient (Wildman–Crippen LogP) is 3.85. The van der Waals surface area contributed by atoms with E-state index in [1.165, 1.54) is 0 Å². The largest absolute Gasteiger partial charge is 0.353 e. The lowest BCUT2D eigenvalue weighted by atomic mass is 9.79. The van der Waals surface area contributed by atoms with Gasteiger partial charge in [-0.25, -0.2) is 0 Å². The van der Waals surface area contributed by atoms with Crippen molar-refractivity contribution in [3.8, 4) is 0 Å². The van der Waals surface area contributed by atoms with Crippen molar-refractivity contribution in [2.24, 2.45) is 10.8 Å². The molecule has 0 aromatic carbocycles. The zero-order chi connectivity index (χ0) is 12.3. The molecule has 0 aromatic heterocycles. The molecule has 2 nitrogen and oxygen atoms in total. The minimum Gasteiger partial charge on any atom is -0.353 e. The Hall–Kier alpha value is -0.0800. The van der Waals surface area contributed by atoms with Crippen LogP contribution < -0.4 is 0 Å². The van der Waals surface area contributed by atoms with Gasteiger partial charge in [-0.2, -0.15) is 0 Å². The van der Waals surface area contributed by atoms with Crippen LogP contribution in [0, 0.1) is 10.8 Å². The third-order valence-electron chi connectivity index (χ3n) is 2.34. The minimum absolute atomic E-state index is 0.206. The smallest absolute Gasteiger partial charge is 0.168 e. The van der Waals surface area contributed by atoms with Gasteiger partial charge in [-0.05, 0) is 10.8 Å². The van der Waals surface area contributed by atoms with Crippen LogP contribution >= 0.6 is 0 Å². The summed E-state index contributed by atoms with van der Waals surface area (Å²) < 4.78 is 11.2. The lowest BCUT2D eigenvalue weighted by Crippen LogP contribution is -2.41. The highest BCUT2D eigenvalue weighted by Gasteiger charge is 2.38. The SMILES string of the molecule is COC(CC(C)(C)C)(CC(C)(C)C)OC. The molecule has 0 bridgehead atoms. The summed E-state index contributed by atoms with van der Waals surface area (Å²) in [5.74, 6) is -0.448. The van der Waals surface area contributed by atoms with Crippen LogP contribution in [-0.4, -0.2) is 20.0 Å². The highest BCUT2D eigenvalue weighted by Crippen LogP contribution is 2.38. The molecule has 0 aromatic rings. The van der Waals surface area contributed by atoms with E-state index in [-0.39, 0.29) is 10.8 Å². The summed E-state index contributed by atoms with van der Waals surface area (Å²) in [6.07, 6.45) is 1.81. The van der Waals surface area contributed by atoms with Crippen LogP contribution in [0.5, 0.6) is 0 Å². The Morgan fingerprint density at radius 1 is 0.667 bits per heavy atom. The maximum Gasteiger partial charge on any atom is 0.168 e. The Bertz CT molecular complexity index is 162. The molecule has 15 heavy (non-hydrogen) atoms. The fourth-order valence-electron chi connectivity index (χ4n) is 2.05. The van der Waals surface area contributed by atoms with E-state index >= 15 is 0 Å². The van der Waals surface area contributed by atoms with Crippen molar-refractivity contribution in [2.45, 2.75) is 60.2 Å². The molecule has 0 aliphatic rings. The fourth-order valence-corrected chi connectivity index (χ4v) is 2.05. The molecule has 0 saturated heterocycles. The van der Waals surface area contributed by atoms with Gasteiger partial charge in [-0.1, -0.05) is 41.5 Å². The number of rotatable bonds is 4. The third kappa shape index (κ3) is 6.16. The summed E-state index contributed by atoms with van der Waals surface area (Å²) in [6, 6.07) is 0. The van der Waals surface area contributed by atoms with Gasteiger partial charge in [-0.15, -0.1) is 0 Å². The van der Waals surface area contributed by atoms with Crippen LogP contribution in [0.3, 0.4) is 0 Å². The summed E-state index contributed by atoms with van der Waals surface area (Å²) in [5.41, 5.74) is 0.411. The average Bonchev–Trinajstić information content (AvgIpc) is 1.98. The van der Waals surface area contributed by atoms with E-state index in [4.69, 9.17) is 9.47 Å². The maximum atomic E-state index is 5.62. The zero-order valence-electron chi connectivity index (χ0n) is 11.7. The van der Waals surface area contributed by atoms with Gasteiger partial charge < -0.3 is 9.47 Å². The summed E-state index contributed by atoms with van der Waals surface area (Å²) in [7, 11) is 3.47. The van der Waals surface area contributed by atoms with E-state index in [0.29, 0.717) is 0 Å². The molecular formula is C13H28O2. The van der Waals surface area contributed by atoms with Gasteiger partial charge in [0.05, 0.1) is 0 Å². The van der Waals surface area contributed by atoms with E-state index in [2.05, 4.69) is 41.5 Å². The molecule has 92 valence electrons. The number of ether oxygens (including phenoxy) is 2. The van der Waals surface area contributed by atoms with Crippen molar-refractivity contribution in [1.29, 1.82) is 0 Å².